The normalized spacial score (nSPS) is 11.9. The number of rotatable bonds is 11. The van der Waals surface area contributed by atoms with Crippen LogP contribution in [0.15, 0.2) is 102 Å². The van der Waals surface area contributed by atoms with Crippen LogP contribution in [0.5, 0.6) is 0 Å². The van der Waals surface area contributed by atoms with Gasteiger partial charge in [0.05, 0.1) is 10.6 Å². The third-order valence-electron chi connectivity index (χ3n) is 6.93. The van der Waals surface area contributed by atoms with Crippen LogP contribution in [-0.4, -0.2) is 44.8 Å². The molecule has 0 saturated carbocycles. The summed E-state index contributed by atoms with van der Waals surface area (Å²) in [7, 11) is -2.74. The quantitative estimate of drug-likeness (QED) is 0.198. The molecule has 0 aromatic heterocycles. The first kappa shape index (κ1) is 32.4. The number of anilines is 1. The van der Waals surface area contributed by atoms with Gasteiger partial charge in [-0.2, -0.15) is 0 Å². The minimum atomic E-state index is -4.23. The SMILES string of the molecule is CNC(=O)[C@H](Cc1ccccc1)N(Cc1ccc(Cl)cc1Cl)C(=O)CN(c1ccc(C)c(Cl)c1)S(=O)(=O)c1ccccc1. The number of carbonyl (C=O) groups is 2. The van der Waals surface area contributed by atoms with Crippen molar-refractivity contribution in [1.29, 1.82) is 0 Å². The molecular weight excluding hydrogens is 629 g/mol. The lowest BCUT2D eigenvalue weighted by atomic mass is 10.0. The smallest absolute Gasteiger partial charge is 0.264 e. The maximum Gasteiger partial charge on any atom is 0.264 e. The van der Waals surface area contributed by atoms with Gasteiger partial charge in [0, 0.05) is 35.1 Å². The molecule has 2 amide bonds. The highest BCUT2D eigenvalue weighted by atomic mass is 35.5. The lowest BCUT2D eigenvalue weighted by Crippen LogP contribution is -2.53. The first-order chi connectivity index (χ1) is 20.5. The molecule has 0 unspecified atom stereocenters. The van der Waals surface area contributed by atoms with E-state index < -0.39 is 34.4 Å². The van der Waals surface area contributed by atoms with Crippen LogP contribution in [0.25, 0.3) is 0 Å². The van der Waals surface area contributed by atoms with Crippen molar-refractivity contribution >= 4 is 62.3 Å². The molecule has 1 atom stereocenters. The van der Waals surface area contributed by atoms with Gasteiger partial charge in [0.25, 0.3) is 10.0 Å². The monoisotopic (exact) mass is 657 g/mol. The third-order valence-corrected chi connectivity index (χ3v) is 9.71. The van der Waals surface area contributed by atoms with Crippen LogP contribution in [0, 0.1) is 6.92 Å². The van der Waals surface area contributed by atoms with Gasteiger partial charge in [0.1, 0.15) is 12.6 Å². The van der Waals surface area contributed by atoms with Crippen molar-refractivity contribution in [3.8, 4) is 0 Å². The van der Waals surface area contributed by atoms with Gasteiger partial charge >= 0.3 is 0 Å². The maximum absolute atomic E-state index is 14.3. The number of nitrogens with one attached hydrogen (secondary N) is 1. The van der Waals surface area contributed by atoms with E-state index >= 15 is 0 Å². The second-order valence-corrected chi connectivity index (χ2v) is 12.9. The second kappa shape index (κ2) is 14.3. The fourth-order valence-electron chi connectivity index (χ4n) is 4.54. The third kappa shape index (κ3) is 7.89. The van der Waals surface area contributed by atoms with Crippen LogP contribution in [0.1, 0.15) is 16.7 Å². The van der Waals surface area contributed by atoms with Crippen LogP contribution >= 0.6 is 34.8 Å². The summed E-state index contributed by atoms with van der Waals surface area (Å²) in [5.41, 5.74) is 2.31. The number of hydrogen-bond acceptors (Lipinski definition) is 4. The standard InChI is InChI=1S/C32H30Cl3N3O4S/c1-22-13-16-26(19-28(22)34)38(43(41,42)27-11-7-4-8-12-27)21-31(39)37(20-24-14-15-25(33)18-29(24)35)30(32(40)36-2)17-23-9-5-3-6-10-23/h3-16,18-19,30H,17,20-21H2,1-2H3,(H,36,40)/t30-/m0/s1. The Kier molecular flexibility index (Phi) is 10.7. The topological polar surface area (TPSA) is 86.8 Å². The van der Waals surface area contributed by atoms with Gasteiger partial charge < -0.3 is 10.2 Å². The molecule has 0 aliphatic rings. The number of halogens is 3. The molecule has 4 aromatic rings. The van der Waals surface area contributed by atoms with Crippen molar-refractivity contribution in [1.82, 2.24) is 10.2 Å². The molecule has 1 N–H and O–H groups in total. The van der Waals surface area contributed by atoms with E-state index in [9.17, 15) is 18.0 Å². The maximum atomic E-state index is 14.3. The molecule has 224 valence electrons. The molecular formula is C32H30Cl3N3O4S. The summed E-state index contributed by atoms with van der Waals surface area (Å²) in [6, 6.07) is 25.7. The minimum Gasteiger partial charge on any atom is -0.357 e. The van der Waals surface area contributed by atoms with Gasteiger partial charge in [-0.1, -0.05) is 95.5 Å². The Labute approximate surface area is 267 Å². The molecule has 0 heterocycles. The number of sulfonamides is 1. The zero-order valence-electron chi connectivity index (χ0n) is 23.5. The highest BCUT2D eigenvalue weighted by Crippen LogP contribution is 2.29. The van der Waals surface area contributed by atoms with Crippen molar-refractivity contribution in [2.45, 2.75) is 30.8 Å². The summed E-state index contributed by atoms with van der Waals surface area (Å²) >= 11 is 19.0. The molecule has 43 heavy (non-hydrogen) atoms. The van der Waals surface area contributed by atoms with E-state index in [0.29, 0.717) is 20.6 Å². The molecule has 0 fully saturated rings. The van der Waals surface area contributed by atoms with Crippen molar-refractivity contribution in [3.63, 3.8) is 0 Å². The largest absolute Gasteiger partial charge is 0.357 e. The molecule has 0 saturated heterocycles. The highest BCUT2D eigenvalue weighted by molar-refractivity contribution is 7.92. The van der Waals surface area contributed by atoms with Gasteiger partial charge in [-0.05, 0) is 60.0 Å². The second-order valence-electron chi connectivity index (χ2n) is 9.84. The number of nitrogens with zero attached hydrogens (tertiary/aromatic N) is 2. The summed E-state index contributed by atoms with van der Waals surface area (Å²) in [5, 5.41) is 3.71. The van der Waals surface area contributed by atoms with Gasteiger partial charge in [-0.3, -0.25) is 13.9 Å². The van der Waals surface area contributed by atoms with Crippen molar-refractivity contribution in [3.05, 3.63) is 129 Å². The fraction of sp³-hybridized carbons (Fsp3) is 0.188. The van der Waals surface area contributed by atoms with E-state index in [4.69, 9.17) is 34.8 Å². The molecule has 0 bridgehead atoms. The number of hydrogen-bond donors (Lipinski definition) is 1. The van der Waals surface area contributed by atoms with Crippen LogP contribution in [0.3, 0.4) is 0 Å². The van der Waals surface area contributed by atoms with Crippen molar-refractivity contribution in [2.75, 3.05) is 17.9 Å². The Morgan fingerprint density at radius 1 is 0.837 bits per heavy atom. The summed E-state index contributed by atoms with van der Waals surface area (Å²) in [6.07, 6.45) is 0.180. The number of amides is 2. The first-order valence-corrected chi connectivity index (χ1v) is 15.9. The predicted octanol–water partition coefficient (Wildman–Crippen LogP) is 6.54. The summed E-state index contributed by atoms with van der Waals surface area (Å²) in [5.74, 6) is -1.04. The Morgan fingerprint density at radius 3 is 2.09 bits per heavy atom. The van der Waals surface area contributed by atoms with Crippen molar-refractivity contribution < 1.29 is 18.0 Å². The molecule has 0 aliphatic heterocycles. The minimum absolute atomic E-state index is 0.000991. The van der Waals surface area contributed by atoms with Crippen molar-refractivity contribution in [2.24, 2.45) is 0 Å². The Balaban J connectivity index is 1.82. The molecule has 7 nitrogen and oxygen atoms in total. The predicted molar refractivity (Wildman–Crippen MR) is 172 cm³/mol. The number of aryl methyl sites for hydroxylation is 1. The van der Waals surface area contributed by atoms with Gasteiger partial charge in [0.2, 0.25) is 11.8 Å². The highest BCUT2D eigenvalue weighted by Gasteiger charge is 2.34. The zero-order chi connectivity index (χ0) is 31.1. The Bertz CT molecular complexity index is 1700. The number of benzene rings is 4. The fourth-order valence-corrected chi connectivity index (χ4v) is 6.61. The lowest BCUT2D eigenvalue weighted by molar-refractivity contribution is -0.139. The Hall–Kier alpha value is -3.56. The zero-order valence-corrected chi connectivity index (χ0v) is 26.6. The molecule has 0 spiro atoms. The van der Waals surface area contributed by atoms with E-state index in [1.54, 1.807) is 55.5 Å². The summed E-state index contributed by atoms with van der Waals surface area (Å²) in [6.45, 7) is 1.11. The number of likely N-dealkylation sites (N-methyl/N-ethyl adjacent to an activating group) is 1. The molecule has 11 heteroatoms. The summed E-state index contributed by atoms with van der Waals surface area (Å²) in [4.78, 5) is 29.0. The average Bonchev–Trinajstić information content (AvgIpc) is 3.00. The molecule has 0 radical (unpaired) electrons. The average molecular weight is 659 g/mol. The van der Waals surface area contributed by atoms with Gasteiger partial charge in [-0.25, -0.2) is 8.42 Å². The van der Waals surface area contributed by atoms with E-state index in [0.717, 1.165) is 15.4 Å². The van der Waals surface area contributed by atoms with Gasteiger partial charge in [-0.15, -0.1) is 0 Å². The van der Waals surface area contributed by atoms with Crippen LogP contribution in [0.4, 0.5) is 5.69 Å². The summed E-state index contributed by atoms with van der Waals surface area (Å²) < 4.78 is 29.0. The van der Waals surface area contributed by atoms with E-state index in [1.165, 1.54) is 30.1 Å². The van der Waals surface area contributed by atoms with Crippen LogP contribution in [-0.2, 0) is 32.6 Å². The van der Waals surface area contributed by atoms with Gasteiger partial charge in [0.15, 0.2) is 0 Å². The van der Waals surface area contributed by atoms with E-state index in [2.05, 4.69) is 5.32 Å². The lowest BCUT2D eigenvalue weighted by Gasteiger charge is -2.34. The molecule has 4 aromatic carbocycles. The van der Waals surface area contributed by atoms with Crippen LogP contribution < -0.4 is 9.62 Å². The Morgan fingerprint density at radius 2 is 1.49 bits per heavy atom. The number of carbonyl (C=O) groups excluding carboxylic acids is 2. The van der Waals surface area contributed by atoms with E-state index in [1.807, 2.05) is 30.3 Å². The molecule has 0 aliphatic carbocycles. The first-order valence-electron chi connectivity index (χ1n) is 13.3. The van der Waals surface area contributed by atoms with E-state index in [-0.39, 0.29) is 23.5 Å². The van der Waals surface area contributed by atoms with Crippen LogP contribution in [0.2, 0.25) is 15.1 Å². The molecule has 4 rings (SSSR count).